The molecule has 0 bridgehead atoms. The predicted molar refractivity (Wildman–Crippen MR) is 66.1 cm³/mol. The fraction of sp³-hybridized carbons (Fsp3) is 0.300. The van der Waals surface area contributed by atoms with Crippen molar-refractivity contribution in [3.63, 3.8) is 0 Å². The van der Waals surface area contributed by atoms with E-state index in [9.17, 15) is 9.90 Å². The Morgan fingerprint density at radius 1 is 1.53 bits per heavy atom. The topological polar surface area (TPSA) is 40.5 Å². The van der Waals surface area contributed by atoms with Gasteiger partial charge in [-0.05, 0) is 33.6 Å². The molecule has 15 heavy (non-hydrogen) atoms. The number of rotatable bonds is 3. The fourth-order valence-electron chi connectivity index (χ4n) is 1.11. The van der Waals surface area contributed by atoms with E-state index in [4.69, 9.17) is 0 Å². The molecule has 0 fully saturated rings. The van der Waals surface area contributed by atoms with E-state index in [1.165, 1.54) is 0 Å². The highest BCUT2D eigenvalue weighted by Crippen LogP contribution is 2.24. The van der Waals surface area contributed by atoms with Crippen LogP contribution in [0.5, 0.6) is 5.75 Å². The van der Waals surface area contributed by atoms with Crippen molar-refractivity contribution in [2.75, 3.05) is 12.4 Å². The highest BCUT2D eigenvalue weighted by atomic mass is 79.9. The molecular weight excluding hydrogens is 326 g/mol. The van der Waals surface area contributed by atoms with Crippen molar-refractivity contribution in [1.29, 1.82) is 0 Å². The van der Waals surface area contributed by atoms with E-state index >= 15 is 0 Å². The first kappa shape index (κ1) is 12.5. The summed E-state index contributed by atoms with van der Waals surface area (Å²) in [6, 6.07) is 5.19. The van der Waals surface area contributed by atoms with E-state index in [0.717, 1.165) is 5.56 Å². The Balaban J connectivity index is 2.73. The molecule has 1 rings (SSSR count). The van der Waals surface area contributed by atoms with Crippen LogP contribution in [0.4, 0.5) is 0 Å². The number of carbonyl (C=O) groups excluding carboxylic acids is 1. The van der Waals surface area contributed by atoms with E-state index < -0.39 is 0 Å². The number of nitrogens with zero attached hydrogens (tertiary/aromatic N) is 1. The van der Waals surface area contributed by atoms with Crippen LogP contribution in [-0.2, 0) is 11.3 Å². The van der Waals surface area contributed by atoms with Gasteiger partial charge in [-0.15, -0.1) is 0 Å². The van der Waals surface area contributed by atoms with Crippen LogP contribution in [0.25, 0.3) is 0 Å². The molecule has 0 saturated heterocycles. The zero-order valence-electron chi connectivity index (χ0n) is 8.20. The van der Waals surface area contributed by atoms with Crippen molar-refractivity contribution in [3.8, 4) is 5.75 Å². The number of carbonyl (C=O) groups is 1. The minimum absolute atomic E-state index is 0.0270. The summed E-state index contributed by atoms with van der Waals surface area (Å²) in [6.07, 6.45) is 0. The quantitative estimate of drug-likeness (QED) is 0.861. The minimum atomic E-state index is 0.0270. The zero-order chi connectivity index (χ0) is 11.4. The molecule has 82 valence electrons. The predicted octanol–water partition coefficient (Wildman–Crippen LogP) is 2.51. The molecule has 0 saturated carbocycles. The first-order chi connectivity index (χ1) is 7.04. The van der Waals surface area contributed by atoms with Gasteiger partial charge < -0.3 is 10.0 Å². The summed E-state index contributed by atoms with van der Waals surface area (Å²) in [6.45, 7) is 0.531. The summed E-state index contributed by atoms with van der Waals surface area (Å²) in [5.41, 5.74) is 0.969. The van der Waals surface area contributed by atoms with Crippen LogP contribution < -0.4 is 0 Å². The Morgan fingerprint density at radius 2 is 2.20 bits per heavy atom. The number of phenols is 1. The summed E-state index contributed by atoms with van der Waals surface area (Å²) in [7, 11) is 1.74. The SMILES string of the molecule is CN(Cc1ccc(O)c(Br)c1)C(=O)CBr. The molecule has 0 heterocycles. The average molecular weight is 337 g/mol. The van der Waals surface area contributed by atoms with Crippen LogP contribution in [-0.4, -0.2) is 28.3 Å². The first-order valence-electron chi connectivity index (χ1n) is 4.32. The molecule has 5 heteroatoms. The number of phenolic OH excluding ortho intramolecular Hbond substituents is 1. The van der Waals surface area contributed by atoms with Crippen LogP contribution in [0, 0.1) is 0 Å². The summed E-state index contributed by atoms with van der Waals surface area (Å²) in [5.74, 6) is 0.229. The molecular formula is C10H11Br2NO2. The minimum Gasteiger partial charge on any atom is -0.507 e. The molecule has 0 aliphatic carbocycles. The van der Waals surface area contributed by atoms with E-state index in [0.29, 0.717) is 16.3 Å². The molecule has 0 aliphatic heterocycles. The van der Waals surface area contributed by atoms with Crippen molar-refractivity contribution in [1.82, 2.24) is 4.90 Å². The summed E-state index contributed by atoms with van der Waals surface area (Å²) in [5, 5.41) is 9.62. The van der Waals surface area contributed by atoms with Crippen molar-refractivity contribution in [3.05, 3.63) is 28.2 Å². The molecule has 1 amide bonds. The van der Waals surface area contributed by atoms with Gasteiger partial charge in [0.1, 0.15) is 5.75 Å². The molecule has 1 N–H and O–H groups in total. The molecule has 0 unspecified atom stereocenters. The molecule has 0 spiro atoms. The lowest BCUT2D eigenvalue weighted by Gasteiger charge is -2.16. The maximum Gasteiger partial charge on any atom is 0.233 e. The number of alkyl halides is 1. The molecule has 0 aliphatic rings. The molecule has 0 radical (unpaired) electrons. The number of halogens is 2. The van der Waals surface area contributed by atoms with Crippen LogP contribution in [0.1, 0.15) is 5.56 Å². The number of aromatic hydroxyl groups is 1. The monoisotopic (exact) mass is 335 g/mol. The Kier molecular flexibility index (Phi) is 4.60. The third kappa shape index (κ3) is 3.50. The van der Waals surface area contributed by atoms with Gasteiger partial charge in [-0.3, -0.25) is 4.79 Å². The van der Waals surface area contributed by atoms with Crippen LogP contribution in [0.2, 0.25) is 0 Å². The summed E-state index contributed by atoms with van der Waals surface area (Å²) in [4.78, 5) is 12.9. The van der Waals surface area contributed by atoms with Crippen molar-refractivity contribution in [2.24, 2.45) is 0 Å². The number of benzene rings is 1. The highest BCUT2D eigenvalue weighted by molar-refractivity contribution is 9.10. The van der Waals surface area contributed by atoms with E-state index in [2.05, 4.69) is 31.9 Å². The van der Waals surface area contributed by atoms with Gasteiger partial charge in [0.05, 0.1) is 9.80 Å². The summed E-state index contributed by atoms with van der Waals surface area (Å²) >= 11 is 6.34. The molecule has 0 aromatic heterocycles. The zero-order valence-corrected chi connectivity index (χ0v) is 11.4. The molecule has 3 nitrogen and oxygen atoms in total. The molecule has 0 atom stereocenters. The Hall–Kier alpha value is -0.550. The van der Waals surface area contributed by atoms with Gasteiger partial charge in [-0.25, -0.2) is 0 Å². The normalized spacial score (nSPS) is 10.1. The van der Waals surface area contributed by atoms with Gasteiger partial charge in [0.25, 0.3) is 0 Å². The Bertz CT molecular complexity index is 368. The average Bonchev–Trinajstić information content (AvgIpc) is 2.22. The second kappa shape index (κ2) is 5.51. The molecule has 1 aromatic rings. The Morgan fingerprint density at radius 3 is 2.73 bits per heavy atom. The maximum atomic E-state index is 11.3. The van der Waals surface area contributed by atoms with E-state index in [-0.39, 0.29) is 11.7 Å². The first-order valence-corrected chi connectivity index (χ1v) is 6.23. The molecule has 1 aromatic carbocycles. The van der Waals surface area contributed by atoms with Gasteiger partial charge in [0, 0.05) is 13.6 Å². The number of hydrogen-bond acceptors (Lipinski definition) is 2. The third-order valence-electron chi connectivity index (χ3n) is 1.97. The second-order valence-electron chi connectivity index (χ2n) is 3.17. The highest BCUT2D eigenvalue weighted by Gasteiger charge is 2.08. The fourth-order valence-corrected chi connectivity index (χ4v) is 1.97. The number of amides is 1. The van der Waals surface area contributed by atoms with Crippen LogP contribution in [0.15, 0.2) is 22.7 Å². The lowest BCUT2D eigenvalue weighted by Crippen LogP contribution is -2.26. The maximum absolute atomic E-state index is 11.3. The van der Waals surface area contributed by atoms with Crippen LogP contribution >= 0.6 is 31.9 Å². The van der Waals surface area contributed by atoms with Crippen molar-refractivity contribution >= 4 is 37.8 Å². The standard InChI is InChI=1S/C10H11Br2NO2/c1-13(10(15)5-11)6-7-2-3-9(14)8(12)4-7/h2-4,14H,5-6H2,1H3. The number of hydrogen-bond donors (Lipinski definition) is 1. The van der Waals surface area contributed by atoms with Gasteiger partial charge >= 0.3 is 0 Å². The smallest absolute Gasteiger partial charge is 0.233 e. The van der Waals surface area contributed by atoms with E-state index in [1.54, 1.807) is 30.1 Å². The Labute approximate surface area is 105 Å². The lowest BCUT2D eigenvalue weighted by molar-refractivity contribution is -0.127. The van der Waals surface area contributed by atoms with Crippen molar-refractivity contribution in [2.45, 2.75) is 6.54 Å². The summed E-state index contributed by atoms with van der Waals surface area (Å²) < 4.78 is 0.639. The van der Waals surface area contributed by atoms with Crippen molar-refractivity contribution < 1.29 is 9.90 Å². The third-order valence-corrected chi connectivity index (χ3v) is 3.09. The van der Waals surface area contributed by atoms with Gasteiger partial charge in [0.15, 0.2) is 0 Å². The largest absolute Gasteiger partial charge is 0.507 e. The van der Waals surface area contributed by atoms with Gasteiger partial charge in [0.2, 0.25) is 5.91 Å². The van der Waals surface area contributed by atoms with Gasteiger partial charge in [-0.2, -0.15) is 0 Å². The second-order valence-corrected chi connectivity index (χ2v) is 4.58. The van der Waals surface area contributed by atoms with E-state index in [1.807, 2.05) is 0 Å². The van der Waals surface area contributed by atoms with Gasteiger partial charge in [-0.1, -0.05) is 22.0 Å². The lowest BCUT2D eigenvalue weighted by atomic mass is 10.2. The van der Waals surface area contributed by atoms with Crippen LogP contribution in [0.3, 0.4) is 0 Å².